The zero-order valence-corrected chi connectivity index (χ0v) is 12.1. The van der Waals surface area contributed by atoms with E-state index < -0.39 is 5.82 Å². The molecule has 1 aliphatic heterocycles. The van der Waals surface area contributed by atoms with Gasteiger partial charge in [0.2, 0.25) is 5.91 Å². The minimum absolute atomic E-state index is 0.0301. The molecule has 1 heterocycles. The molecule has 0 aromatic heterocycles. The Morgan fingerprint density at radius 1 is 1.38 bits per heavy atom. The van der Waals surface area contributed by atoms with Gasteiger partial charge >= 0.3 is 0 Å². The van der Waals surface area contributed by atoms with Crippen molar-refractivity contribution in [2.45, 2.75) is 32.2 Å². The third-order valence-electron chi connectivity index (χ3n) is 3.71. The zero-order chi connectivity index (χ0) is 15.4. The Hall–Kier alpha value is -2.11. The molecule has 2 amide bonds. The average molecular weight is 293 g/mol. The number of amides is 2. The van der Waals surface area contributed by atoms with Crippen LogP contribution in [-0.2, 0) is 4.79 Å². The summed E-state index contributed by atoms with van der Waals surface area (Å²) in [6, 6.07) is 3.92. The number of carbonyl (C=O) groups is 2. The summed E-state index contributed by atoms with van der Waals surface area (Å²) in [5.41, 5.74) is 6.18. The van der Waals surface area contributed by atoms with Gasteiger partial charge in [-0.3, -0.25) is 9.59 Å². The van der Waals surface area contributed by atoms with Gasteiger partial charge in [-0.05, 0) is 31.0 Å². The van der Waals surface area contributed by atoms with E-state index in [1.807, 2.05) is 6.92 Å². The van der Waals surface area contributed by atoms with E-state index in [1.165, 1.54) is 12.1 Å². The smallest absolute Gasteiger partial charge is 0.255 e. The molecule has 5 nitrogen and oxygen atoms in total. The lowest BCUT2D eigenvalue weighted by Crippen LogP contribution is -2.46. The van der Waals surface area contributed by atoms with Gasteiger partial charge in [0, 0.05) is 31.2 Å². The van der Waals surface area contributed by atoms with Crippen LogP contribution in [-0.4, -0.2) is 35.8 Å². The van der Waals surface area contributed by atoms with Crippen LogP contribution >= 0.6 is 0 Å². The number of rotatable bonds is 3. The Balaban J connectivity index is 1.95. The Bertz CT molecular complexity index is 540. The largest absolute Gasteiger partial charge is 0.398 e. The van der Waals surface area contributed by atoms with E-state index in [0.717, 1.165) is 18.9 Å². The van der Waals surface area contributed by atoms with Gasteiger partial charge in [-0.1, -0.05) is 6.92 Å². The lowest BCUT2D eigenvalue weighted by molar-refractivity contribution is -0.121. The Morgan fingerprint density at radius 2 is 2.05 bits per heavy atom. The topological polar surface area (TPSA) is 75.4 Å². The second kappa shape index (κ2) is 6.56. The predicted octanol–water partition coefficient (Wildman–Crippen LogP) is 1.54. The van der Waals surface area contributed by atoms with Crippen molar-refractivity contribution in [2.75, 3.05) is 18.8 Å². The van der Waals surface area contributed by atoms with E-state index in [4.69, 9.17) is 5.73 Å². The van der Waals surface area contributed by atoms with E-state index in [2.05, 4.69) is 5.32 Å². The van der Waals surface area contributed by atoms with E-state index >= 15 is 0 Å². The molecule has 0 saturated carbocycles. The maximum absolute atomic E-state index is 13.0. The van der Waals surface area contributed by atoms with Crippen molar-refractivity contribution in [3.05, 3.63) is 29.6 Å². The fourth-order valence-electron chi connectivity index (χ4n) is 2.46. The molecule has 0 atom stereocenters. The molecule has 1 aromatic carbocycles. The minimum atomic E-state index is -0.454. The first-order valence-electron chi connectivity index (χ1n) is 7.15. The molecule has 114 valence electrons. The molecule has 0 aliphatic carbocycles. The number of hydrogen-bond donors (Lipinski definition) is 2. The molecule has 1 fully saturated rings. The van der Waals surface area contributed by atoms with Crippen molar-refractivity contribution in [1.29, 1.82) is 0 Å². The molecule has 1 aliphatic rings. The molecule has 1 aromatic rings. The fraction of sp³-hybridized carbons (Fsp3) is 0.467. The number of likely N-dealkylation sites (tertiary alicyclic amines) is 1. The van der Waals surface area contributed by atoms with Gasteiger partial charge in [0.15, 0.2) is 0 Å². The van der Waals surface area contributed by atoms with Crippen molar-refractivity contribution in [3.63, 3.8) is 0 Å². The van der Waals surface area contributed by atoms with Crippen LogP contribution in [0.2, 0.25) is 0 Å². The van der Waals surface area contributed by atoms with Crippen LogP contribution in [0.15, 0.2) is 18.2 Å². The van der Waals surface area contributed by atoms with E-state index in [9.17, 15) is 14.0 Å². The van der Waals surface area contributed by atoms with Crippen molar-refractivity contribution in [1.82, 2.24) is 10.2 Å². The molecular weight excluding hydrogens is 273 g/mol. The molecule has 21 heavy (non-hydrogen) atoms. The molecule has 0 unspecified atom stereocenters. The van der Waals surface area contributed by atoms with Gasteiger partial charge in [0.1, 0.15) is 5.82 Å². The van der Waals surface area contributed by atoms with E-state index in [1.54, 1.807) is 4.90 Å². The highest BCUT2D eigenvalue weighted by molar-refractivity contribution is 5.99. The van der Waals surface area contributed by atoms with Crippen LogP contribution in [0, 0.1) is 5.82 Å². The van der Waals surface area contributed by atoms with Crippen molar-refractivity contribution < 1.29 is 14.0 Å². The monoisotopic (exact) mass is 293 g/mol. The van der Waals surface area contributed by atoms with Crippen LogP contribution < -0.4 is 11.1 Å². The molecule has 0 bridgehead atoms. The third kappa shape index (κ3) is 3.71. The summed E-state index contributed by atoms with van der Waals surface area (Å²) in [7, 11) is 0. The summed E-state index contributed by atoms with van der Waals surface area (Å²) in [5, 5.41) is 2.94. The number of halogens is 1. The Morgan fingerprint density at radius 3 is 2.62 bits per heavy atom. The SMILES string of the molecule is CCC(=O)NC1CCN(C(=O)c2ccc(F)cc2N)CC1. The highest BCUT2D eigenvalue weighted by Crippen LogP contribution is 2.19. The van der Waals surface area contributed by atoms with Gasteiger partial charge in [-0.2, -0.15) is 0 Å². The van der Waals surface area contributed by atoms with Crippen LogP contribution in [0.25, 0.3) is 0 Å². The number of carbonyl (C=O) groups excluding carboxylic acids is 2. The Labute approximate surface area is 123 Å². The highest BCUT2D eigenvalue weighted by Gasteiger charge is 2.25. The second-order valence-corrected chi connectivity index (χ2v) is 5.22. The molecule has 2 rings (SSSR count). The summed E-state index contributed by atoms with van der Waals surface area (Å²) in [6.07, 6.45) is 1.91. The van der Waals surface area contributed by atoms with Crippen molar-refractivity contribution in [3.8, 4) is 0 Å². The number of nitrogens with zero attached hydrogens (tertiary/aromatic N) is 1. The number of benzene rings is 1. The molecule has 0 spiro atoms. The first kappa shape index (κ1) is 15.3. The lowest BCUT2D eigenvalue weighted by atomic mass is 10.0. The van der Waals surface area contributed by atoms with E-state index in [0.29, 0.717) is 25.1 Å². The minimum Gasteiger partial charge on any atom is -0.398 e. The number of nitrogens with two attached hydrogens (primary N) is 1. The zero-order valence-electron chi connectivity index (χ0n) is 12.1. The second-order valence-electron chi connectivity index (χ2n) is 5.22. The lowest BCUT2D eigenvalue weighted by Gasteiger charge is -2.32. The Kier molecular flexibility index (Phi) is 4.77. The van der Waals surface area contributed by atoms with Crippen LogP contribution in [0.4, 0.5) is 10.1 Å². The summed E-state index contributed by atoms with van der Waals surface area (Å²) < 4.78 is 13.0. The van der Waals surface area contributed by atoms with Gasteiger partial charge in [0.25, 0.3) is 5.91 Å². The summed E-state index contributed by atoms with van der Waals surface area (Å²) in [4.78, 5) is 25.4. The summed E-state index contributed by atoms with van der Waals surface area (Å²) in [6.45, 7) is 2.93. The van der Waals surface area contributed by atoms with Gasteiger partial charge in [0.05, 0.1) is 5.56 Å². The number of hydrogen-bond acceptors (Lipinski definition) is 3. The highest BCUT2D eigenvalue weighted by atomic mass is 19.1. The molecule has 0 radical (unpaired) electrons. The fourth-order valence-corrected chi connectivity index (χ4v) is 2.46. The maximum atomic E-state index is 13.0. The summed E-state index contributed by atoms with van der Waals surface area (Å²) in [5.74, 6) is -0.611. The van der Waals surface area contributed by atoms with Crippen molar-refractivity contribution >= 4 is 17.5 Å². The first-order chi connectivity index (χ1) is 10.0. The number of nitrogens with one attached hydrogen (secondary N) is 1. The van der Waals surface area contributed by atoms with Crippen LogP contribution in [0.3, 0.4) is 0 Å². The standard InChI is InChI=1S/C15H20FN3O2/c1-2-14(20)18-11-5-7-19(8-6-11)15(21)12-4-3-10(16)9-13(12)17/h3-4,9,11H,2,5-8,17H2,1H3,(H,18,20). The normalized spacial score (nSPS) is 15.8. The number of anilines is 1. The van der Waals surface area contributed by atoms with Gasteiger partial charge < -0.3 is 16.0 Å². The average Bonchev–Trinajstić information content (AvgIpc) is 2.47. The molecule has 1 saturated heterocycles. The quantitative estimate of drug-likeness (QED) is 0.830. The van der Waals surface area contributed by atoms with Crippen LogP contribution in [0.1, 0.15) is 36.5 Å². The third-order valence-corrected chi connectivity index (χ3v) is 3.71. The summed E-state index contributed by atoms with van der Waals surface area (Å²) >= 11 is 0. The molecule has 3 N–H and O–H groups in total. The number of nitrogen functional groups attached to an aromatic ring is 1. The number of piperidine rings is 1. The van der Waals surface area contributed by atoms with Gasteiger partial charge in [-0.25, -0.2) is 4.39 Å². The van der Waals surface area contributed by atoms with Gasteiger partial charge in [-0.15, -0.1) is 0 Å². The molecule has 6 heteroatoms. The maximum Gasteiger partial charge on any atom is 0.255 e. The molecular formula is C15H20FN3O2. The van der Waals surface area contributed by atoms with E-state index in [-0.39, 0.29) is 23.5 Å². The van der Waals surface area contributed by atoms with Crippen molar-refractivity contribution in [2.24, 2.45) is 0 Å². The van der Waals surface area contributed by atoms with Crippen LogP contribution in [0.5, 0.6) is 0 Å². The first-order valence-corrected chi connectivity index (χ1v) is 7.15. The predicted molar refractivity (Wildman–Crippen MR) is 78.2 cm³/mol.